The summed E-state index contributed by atoms with van der Waals surface area (Å²) >= 11 is 0. The Balaban J connectivity index is 2.24. The fourth-order valence-electron chi connectivity index (χ4n) is 2.28. The van der Waals surface area contributed by atoms with Crippen LogP contribution in [0.1, 0.15) is 58.3 Å². The Morgan fingerprint density at radius 3 is 2.50 bits per heavy atom. The van der Waals surface area contributed by atoms with E-state index in [-0.39, 0.29) is 0 Å². The molecule has 1 rings (SSSR count). The van der Waals surface area contributed by atoms with Gasteiger partial charge in [0.2, 0.25) is 6.41 Å². The number of amides is 1. The Bertz CT molecular complexity index is 152. The molecule has 2 nitrogen and oxygen atoms in total. The minimum atomic E-state index is 0.554. The second-order valence-corrected chi connectivity index (χ2v) is 4.34. The Morgan fingerprint density at radius 2 is 1.93 bits per heavy atom. The van der Waals surface area contributed by atoms with Crippen LogP contribution in [-0.2, 0) is 4.79 Å². The average Bonchev–Trinajstić information content (AvgIpc) is 2.26. The van der Waals surface area contributed by atoms with E-state index in [1.807, 2.05) is 4.90 Å². The van der Waals surface area contributed by atoms with Crippen LogP contribution in [0.4, 0.5) is 0 Å². The van der Waals surface area contributed by atoms with Gasteiger partial charge in [0.15, 0.2) is 0 Å². The molecular formula is C12H23NO. The van der Waals surface area contributed by atoms with E-state index in [1.54, 1.807) is 0 Å². The van der Waals surface area contributed by atoms with E-state index >= 15 is 0 Å². The van der Waals surface area contributed by atoms with Crippen LogP contribution in [-0.4, -0.2) is 23.9 Å². The fraction of sp³-hybridized carbons (Fsp3) is 0.917. The van der Waals surface area contributed by atoms with Crippen LogP contribution in [0.15, 0.2) is 0 Å². The summed E-state index contributed by atoms with van der Waals surface area (Å²) in [5.74, 6) is 0. The Hall–Kier alpha value is -0.530. The lowest BCUT2D eigenvalue weighted by Crippen LogP contribution is -2.36. The lowest BCUT2D eigenvalue weighted by Gasteiger charge is -2.31. The van der Waals surface area contributed by atoms with Crippen LogP contribution in [0, 0.1) is 0 Å². The predicted molar refractivity (Wildman–Crippen MR) is 59.2 cm³/mol. The number of nitrogens with zero attached hydrogens (tertiary/aromatic N) is 1. The molecule has 0 N–H and O–H groups in total. The standard InChI is InChI=1S/C12H23NO/c1-2-3-7-10-13(11-14)12-8-5-4-6-9-12/h11-12H,2-10H2,1H3. The Kier molecular flexibility index (Phi) is 5.65. The summed E-state index contributed by atoms with van der Waals surface area (Å²) in [6.07, 6.45) is 11.1. The molecule has 14 heavy (non-hydrogen) atoms. The van der Waals surface area contributed by atoms with Gasteiger partial charge in [-0.1, -0.05) is 39.0 Å². The van der Waals surface area contributed by atoms with E-state index in [2.05, 4.69) is 6.92 Å². The highest BCUT2D eigenvalue weighted by molar-refractivity contribution is 5.47. The van der Waals surface area contributed by atoms with Gasteiger partial charge in [-0.25, -0.2) is 0 Å². The maximum Gasteiger partial charge on any atom is 0.209 e. The van der Waals surface area contributed by atoms with Crippen molar-refractivity contribution >= 4 is 6.41 Å². The van der Waals surface area contributed by atoms with Gasteiger partial charge in [-0.2, -0.15) is 0 Å². The van der Waals surface area contributed by atoms with Crippen LogP contribution in [0.5, 0.6) is 0 Å². The molecule has 1 fully saturated rings. The number of hydrogen-bond acceptors (Lipinski definition) is 1. The van der Waals surface area contributed by atoms with Crippen LogP contribution in [0.25, 0.3) is 0 Å². The van der Waals surface area contributed by atoms with Gasteiger partial charge in [-0.3, -0.25) is 4.79 Å². The molecule has 0 aromatic rings. The highest BCUT2D eigenvalue weighted by Crippen LogP contribution is 2.21. The second kappa shape index (κ2) is 6.86. The average molecular weight is 197 g/mol. The smallest absolute Gasteiger partial charge is 0.209 e. The molecule has 0 bridgehead atoms. The lowest BCUT2D eigenvalue weighted by molar-refractivity contribution is -0.120. The molecule has 0 heterocycles. The first-order valence-electron chi connectivity index (χ1n) is 6.09. The van der Waals surface area contributed by atoms with Crippen LogP contribution >= 0.6 is 0 Å². The van der Waals surface area contributed by atoms with E-state index in [4.69, 9.17) is 0 Å². The first-order chi connectivity index (χ1) is 6.88. The molecule has 82 valence electrons. The monoisotopic (exact) mass is 197 g/mol. The van der Waals surface area contributed by atoms with Crippen LogP contribution in [0.3, 0.4) is 0 Å². The molecule has 1 aliphatic carbocycles. The zero-order chi connectivity index (χ0) is 10.2. The van der Waals surface area contributed by atoms with Crippen molar-refractivity contribution in [3.63, 3.8) is 0 Å². The molecule has 0 spiro atoms. The normalized spacial score (nSPS) is 18.1. The topological polar surface area (TPSA) is 20.3 Å². The molecule has 0 atom stereocenters. The van der Waals surface area contributed by atoms with Crippen molar-refractivity contribution in [3.8, 4) is 0 Å². The molecule has 2 heteroatoms. The third-order valence-electron chi connectivity index (χ3n) is 3.20. The number of rotatable bonds is 6. The summed E-state index contributed by atoms with van der Waals surface area (Å²) < 4.78 is 0. The molecule has 0 unspecified atom stereocenters. The molecule has 1 saturated carbocycles. The number of carbonyl (C=O) groups is 1. The van der Waals surface area contributed by atoms with E-state index < -0.39 is 0 Å². The van der Waals surface area contributed by atoms with Crippen molar-refractivity contribution in [2.75, 3.05) is 6.54 Å². The van der Waals surface area contributed by atoms with Crippen molar-refractivity contribution < 1.29 is 4.79 Å². The van der Waals surface area contributed by atoms with Gasteiger partial charge >= 0.3 is 0 Å². The van der Waals surface area contributed by atoms with Crippen LogP contribution < -0.4 is 0 Å². The van der Waals surface area contributed by atoms with Crippen molar-refractivity contribution in [1.29, 1.82) is 0 Å². The first-order valence-corrected chi connectivity index (χ1v) is 6.09. The van der Waals surface area contributed by atoms with E-state index in [0.29, 0.717) is 6.04 Å². The van der Waals surface area contributed by atoms with Gasteiger partial charge in [0.25, 0.3) is 0 Å². The molecule has 1 amide bonds. The minimum Gasteiger partial charge on any atom is -0.342 e. The number of hydrogen-bond donors (Lipinski definition) is 0. The van der Waals surface area contributed by atoms with Crippen molar-refractivity contribution in [3.05, 3.63) is 0 Å². The van der Waals surface area contributed by atoms with Gasteiger partial charge in [0.1, 0.15) is 0 Å². The SMILES string of the molecule is CCCCCN(C=O)C1CCCCC1. The summed E-state index contributed by atoms with van der Waals surface area (Å²) in [7, 11) is 0. The first kappa shape index (κ1) is 11.5. The third-order valence-corrected chi connectivity index (χ3v) is 3.20. The van der Waals surface area contributed by atoms with Gasteiger partial charge in [-0.15, -0.1) is 0 Å². The van der Waals surface area contributed by atoms with Crippen molar-refractivity contribution in [2.45, 2.75) is 64.3 Å². The van der Waals surface area contributed by atoms with E-state index in [1.165, 1.54) is 51.4 Å². The lowest BCUT2D eigenvalue weighted by atomic mass is 9.94. The molecule has 0 aliphatic heterocycles. The highest BCUT2D eigenvalue weighted by Gasteiger charge is 2.18. The van der Waals surface area contributed by atoms with Crippen LogP contribution in [0.2, 0.25) is 0 Å². The van der Waals surface area contributed by atoms with Crippen molar-refractivity contribution in [2.24, 2.45) is 0 Å². The molecule has 0 aromatic heterocycles. The highest BCUT2D eigenvalue weighted by atomic mass is 16.1. The van der Waals surface area contributed by atoms with Gasteiger partial charge in [-0.05, 0) is 19.3 Å². The van der Waals surface area contributed by atoms with E-state index in [0.717, 1.165) is 13.0 Å². The van der Waals surface area contributed by atoms with Gasteiger partial charge in [0.05, 0.1) is 0 Å². The molecule has 0 aromatic carbocycles. The molecule has 1 aliphatic rings. The maximum atomic E-state index is 10.9. The summed E-state index contributed by atoms with van der Waals surface area (Å²) in [6.45, 7) is 3.17. The van der Waals surface area contributed by atoms with Crippen molar-refractivity contribution in [1.82, 2.24) is 4.90 Å². The summed E-state index contributed by atoms with van der Waals surface area (Å²) in [5.41, 5.74) is 0. The quantitative estimate of drug-likeness (QED) is 0.473. The Morgan fingerprint density at radius 1 is 1.21 bits per heavy atom. The maximum absolute atomic E-state index is 10.9. The summed E-state index contributed by atoms with van der Waals surface area (Å²) in [5, 5.41) is 0. The van der Waals surface area contributed by atoms with Gasteiger partial charge in [0, 0.05) is 12.6 Å². The Labute approximate surface area is 87.7 Å². The zero-order valence-electron chi connectivity index (χ0n) is 9.37. The molecule has 0 radical (unpaired) electrons. The van der Waals surface area contributed by atoms with E-state index in [9.17, 15) is 4.79 Å². The van der Waals surface area contributed by atoms with Gasteiger partial charge < -0.3 is 4.90 Å². The zero-order valence-corrected chi connectivity index (χ0v) is 9.37. The predicted octanol–water partition coefficient (Wildman–Crippen LogP) is 2.97. The minimum absolute atomic E-state index is 0.554. The third kappa shape index (κ3) is 3.69. The number of carbonyl (C=O) groups excluding carboxylic acids is 1. The molecule has 0 saturated heterocycles. The summed E-state index contributed by atoms with van der Waals surface area (Å²) in [4.78, 5) is 13.0. The molecular weight excluding hydrogens is 174 g/mol. The fourth-order valence-corrected chi connectivity index (χ4v) is 2.28. The second-order valence-electron chi connectivity index (χ2n) is 4.34. The number of unbranched alkanes of at least 4 members (excludes halogenated alkanes) is 2. The largest absolute Gasteiger partial charge is 0.342 e. The summed E-state index contributed by atoms with van der Waals surface area (Å²) in [6, 6.07) is 0.554.